The van der Waals surface area contributed by atoms with E-state index in [4.69, 9.17) is 17.3 Å². The Bertz CT molecular complexity index is 934. The number of nitrogens with one attached hydrogen (secondary N) is 1. The quantitative estimate of drug-likeness (QED) is 0.655. The molecule has 30 heavy (non-hydrogen) atoms. The van der Waals surface area contributed by atoms with Crippen LogP contribution in [-0.4, -0.2) is 38.9 Å². The van der Waals surface area contributed by atoms with Gasteiger partial charge in [0.05, 0.1) is 11.0 Å². The maximum atomic E-state index is 13.2. The molecule has 160 valence electrons. The van der Waals surface area contributed by atoms with E-state index >= 15 is 0 Å². The second kappa shape index (κ2) is 9.60. The summed E-state index contributed by atoms with van der Waals surface area (Å²) in [5, 5.41) is 0.949. The average molecular weight is 446 g/mol. The van der Waals surface area contributed by atoms with Gasteiger partial charge < -0.3 is 10.6 Å². The van der Waals surface area contributed by atoms with Crippen LogP contribution in [0.2, 0.25) is 5.02 Å². The Labute approximate surface area is 185 Å². The molecule has 1 fully saturated rings. The zero-order valence-corrected chi connectivity index (χ0v) is 18.5. The molecule has 3 atom stereocenters. The highest BCUT2D eigenvalue weighted by molar-refractivity contribution is 7.84. The Hall–Kier alpha value is -1.73. The van der Waals surface area contributed by atoms with Gasteiger partial charge in [0.25, 0.3) is 0 Å². The molecule has 3 unspecified atom stereocenters. The van der Waals surface area contributed by atoms with Crippen molar-refractivity contribution in [2.24, 2.45) is 5.73 Å². The largest absolute Gasteiger partial charge is 0.334 e. The zero-order chi connectivity index (χ0) is 21.1. The van der Waals surface area contributed by atoms with Crippen molar-refractivity contribution in [3.05, 3.63) is 70.2 Å². The first-order valence-corrected chi connectivity index (χ1v) is 12.1. The number of hydrogen-bond acceptors (Lipinski definition) is 3. The summed E-state index contributed by atoms with van der Waals surface area (Å²) in [5.41, 5.74) is 9.78. The number of carbonyl (C=O) groups excluding carboxylic acids is 1. The van der Waals surface area contributed by atoms with Gasteiger partial charge in [-0.05, 0) is 54.5 Å². The Balaban J connectivity index is 1.42. The second-order valence-corrected chi connectivity index (χ2v) is 10.3. The van der Waals surface area contributed by atoms with Crippen molar-refractivity contribution in [2.75, 3.05) is 6.54 Å². The number of nitrogens with two attached hydrogens (primary N) is 1. The Morgan fingerprint density at radius 2 is 1.97 bits per heavy atom. The fraction of sp³-hybridized carbons (Fsp3) is 0.435. The predicted molar refractivity (Wildman–Crippen MR) is 121 cm³/mol. The van der Waals surface area contributed by atoms with Crippen molar-refractivity contribution in [3.63, 3.8) is 0 Å². The lowest BCUT2D eigenvalue weighted by Gasteiger charge is -2.37. The number of carbonyl (C=O) groups is 1. The van der Waals surface area contributed by atoms with Crippen LogP contribution in [0.5, 0.6) is 0 Å². The van der Waals surface area contributed by atoms with Crippen molar-refractivity contribution >= 4 is 28.5 Å². The third kappa shape index (κ3) is 5.49. The lowest BCUT2D eigenvalue weighted by Crippen LogP contribution is -2.50. The minimum absolute atomic E-state index is 0.0199. The molecule has 3 N–H and O–H groups in total. The predicted octanol–water partition coefficient (Wildman–Crippen LogP) is 2.97. The SMILES string of the molecule is NC(CC(=O)N1Cc2ccccc2CC1CNS(=O)C1CC1)Cc1cccc(Cl)c1. The monoisotopic (exact) mass is 445 g/mol. The molecule has 0 saturated heterocycles. The Morgan fingerprint density at radius 1 is 1.20 bits per heavy atom. The molecule has 1 saturated carbocycles. The first-order chi connectivity index (χ1) is 14.5. The standard InChI is InChI=1S/C23H28ClN3O2S/c24-19-7-3-4-16(10-19)11-20(25)13-23(28)27-15-18-6-2-1-5-17(18)12-21(27)14-26-30(29)22-8-9-22/h1-7,10,20-22,26H,8-9,11-15,25H2. The molecular formula is C23H28ClN3O2S. The molecule has 5 nitrogen and oxygen atoms in total. The van der Waals surface area contributed by atoms with Crippen LogP contribution < -0.4 is 10.5 Å². The smallest absolute Gasteiger partial charge is 0.224 e. The van der Waals surface area contributed by atoms with Gasteiger partial charge in [-0.25, -0.2) is 8.93 Å². The summed E-state index contributed by atoms with van der Waals surface area (Å²) in [6.45, 7) is 1.11. The highest BCUT2D eigenvalue weighted by Gasteiger charge is 2.33. The van der Waals surface area contributed by atoms with Crippen molar-refractivity contribution in [3.8, 4) is 0 Å². The van der Waals surface area contributed by atoms with Crippen molar-refractivity contribution in [1.82, 2.24) is 9.62 Å². The molecule has 0 spiro atoms. The van der Waals surface area contributed by atoms with Crippen LogP contribution in [0.25, 0.3) is 0 Å². The third-order valence-electron chi connectivity index (χ3n) is 5.79. The minimum Gasteiger partial charge on any atom is -0.334 e. The molecule has 0 radical (unpaired) electrons. The molecule has 2 aliphatic rings. The molecule has 0 bridgehead atoms. The third-order valence-corrected chi connectivity index (χ3v) is 7.55. The summed E-state index contributed by atoms with van der Waals surface area (Å²) in [6.07, 6.45) is 3.69. The van der Waals surface area contributed by atoms with Crippen LogP contribution >= 0.6 is 11.6 Å². The number of benzene rings is 2. The topological polar surface area (TPSA) is 75.4 Å². The summed E-state index contributed by atoms with van der Waals surface area (Å²) < 4.78 is 15.4. The average Bonchev–Trinajstić information content (AvgIpc) is 3.56. The fourth-order valence-corrected chi connectivity index (χ4v) is 5.39. The van der Waals surface area contributed by atoms with Crippen molar-refractivity contribution < 1.29 is 9.00 Å². The fourth-order valence-electron chi connectivity index (χ4n) is 4.02. The summed E-state index contributed by atoms with van der Waals surface area (Å²) in [5.74, 6) is 0.0445. The maximum absolute atomic E-state index is 13.2. The zero-order valence-electron chi connectivity index (χ0n) is 16.9. The molecule has 1 aliphatic carbocycles. The Kier molecular flexibility index (Phi) is 6.88. The second-order valence-electron chi connectivity index (χ2n) is 8.29. The van der Waals surface area contributed by atoms with E-state index < -0.39 is 11.0 Å². The van der Waals surface area contributed by atoms with Crippen LogP contribution in [0.3, 0.4) is 0 Å². The summed E-state index contributed by atoms with van der Waals surface area (Å²) >= 11 is 6.06. The van der Waals surface area contributed by atoms with Gasteiger partial charge in [0.2, 0.25) is 5.91 Å². The lowest BCUT2D eigenvalue weighted by atomic mass is 9.93. The molecule has 4 rings (SSSR count). The lowest BCUT2D eigenvalue weighted by molar-refractivity contribution is -0.135. The van der Waals surface area contributed by atoms with E-state index in [1.165, 1.54) is 11.1 Å². The van der Waals surface area contributed by atoms with Crippen molar-refractivity contribution in [1.29, 1.82) is 0 Å². The van der Waals surface area contributed by atoms with Gasteiger partial charge in [-0.3, -0.25) is 4.79 Å². The van der Waals surface area contributed by atoms with E-state index in [0.717, 1.165) is 24.8 Å². The molecule has 7 heteroatoms. The van der Waals surface area contributed by atoms with Crippen LogP contribution in [0, 0.1) is 0 Å². The van der Waals surface area contributed by atoms with E-state index in [9.17, 15) is 9.00 Å². The number of rotatable bonds is 8. The molecule has 1 aliphatic heterocycles. The van der Waals surface area contributed by atoms with E-state index in [2.05, 4.69) is 16.9 Å². The molecular weight excluding hydrogens is 418 g/mol. The van der Waals surface area contributed by atoms with Gasteiger partial charge in [0.1, 0.15) is 0 Å². The molecule has 1 heterocycles. The molecule has 2 aromatic rings. The van der Waals surface area contributed by atoms with Gasteiger partial charge in [0.15, 0.2) is 0 Å². The first-order valence-electron chi connectivity index (χ1n) is 10.5. The number of amides is 1. The van der Waals surface area contributed by atoms with Crippen LogP contribution in [0.1, 0.15) is 36.0 Å². The molecule has 0 aromatic heterocycles. The summed E-state index contributed by atoms with van der Waals surface area (Å²) in [4.78, 5) is 15.1. The number of hydrogen-bond donors (Lipinski definition) is 2. The Morgan fingerprint density at radius 3 is 2.70 bits per heavy atom. The van der Waals surface area contributed by atoms with Crippen molar-refractivity contribution in [2.45, 2.75) is 56.0 Å². The van der Waals surface area contributed by atoms with E-state index in [-0.39, 0.29) is 29.7 Å². The molecule has 1 amide bonds. The summed E-state index contributed by atoms with van der Waals surface area (Å²) in [6, 6.07) is 15.5. The van der Waals surface area contributed by atoms with Gasteiger partial charge >= 0.3 is 0 Å². The number of nitrogens with zero attached hydrogens (tertiary/aromatic N) is 1. The number of halogens is 1. The van der Waals surface area contributed by atoms with E-state index in [0.29, 0.717) is 24.5 Å². The highest BCUT2D eigenvalue weighted by atomic mass is 35.5. The minimum atomic E-state index is -1.01. The molecule has 2 aromatic carbocycles. The van der Waals surface area contributed by atoms with E-state index in [1.807, 2.05) is 41.3 Å². The van der Waals surface area contributed by atoms with E-state index in [1.54, 1.807) is 0 Å². The van der Waals surface area contributed by atoms with Gasteiger partial charge in [0, 0.05) is 41.9 Å². The maximum Gasteiger partial charge on any atom is 0.224 e. The first kappa shape index (κ1) is 21.5. The van der Waals surface area contributed by atoms with Crippen LogP contribution in [-0.2, 0) is 35.2 Å². The van der Waals surface area contributed by atoms with Gasteiger partial charge in [-0.1, -0.05) is 48.0 Å². The van der Waals surface area contributed by atoms with Crippen LogP contribution in [0.4, 0.5) is 0 Å². The normalized spacial score (nSPS) is 20.5. The summed E-state index contributed by atoms with van der Waals surface area (Å²) in [7, 11) is -1.01. The number of fused-ring (bicyclic) bond motifs is 1. The van der Waals surface area contributed by atoms with Gasteiger partial charge in [-0.15, -0.1) is 0 Å². The van der Waals surface area contributed by atoms with Gasteiger partial charge in [-0.2, -0.15) is 0 Å². The highest BCUT2D eigenvalue weighted by Crippen LogP contribution is 2.27. The van der Waals surface area contributed by atoms with Crippen LogP contribution in [0.15, 0.2) is 48.5 Å².